The van der Waals surface area contributed by atoms with E-state index in [1.165, 1.54) is 29.9 Å². The van der Waals surface area contributed by atoms with Crippen molar-refractivity contribution in [3.05, 3.63) is 137 Å². The molecule has 3 fully saturated rings. The average molecular weight is 727 g/mol. The molecule has 6 atom stereocenters. The van der Waals surface area contributed by atoms with E-state index in [2.05, 4.69) is 0 Å². The maximum Gasteiger partial charge on any atom is 0.246 e. The van der Waals surface area contributed by atoms with Crippen LogP contribution in [0, 0.1) is 29.6 Å². The van der Waals surface area contributed by atoms with Crippen LogP contribution in [0.15, 0.2) is 115 Å². The number of anilines is 2. The van der Waals surface area contributed by atoms with E-state index in [1.807, 2.05) is 48.6 Å². The number of phenols is 1. The van der Waals surface area contributed by atoms with Crippen LogP contribution in [-0.2, 0) is 24.6 Å². The minimum Gasteiger partial charge on any atom is -0.504 e. The Morgan fingerprint density at radius 3 is 2.30 bits per heavy atom. The summed E-state index contributed by atoms with van der Waals surface area (Å²) >= 11 is 6.40. The first-order valence-electron chi connectivity index (χ1n) is 17.5. The molecule has 9 nitrogen and oxygen atoms in total. The molecule has 53 heavy (non-hydrogen) atoms. The van der Waals surface area contributed by atoms with Gasteiger partial charge < -0.3 is 9.84 Å². The highest BCUT2D eigenvalue weighted by Gasteiger charge is 2.69. The number of methoxy groups -OCH3 is 1. The van der Waals surface area contributed by atoms with Gasteiger partial charge in [-0.25, -0.2) is 4.90 Å². The van der Waals surface area contributed by atoms with Crippen molar-refractivity contribution in [1.82, 2.24) is 0 Å². The number of amides is 4. The van der Waals surface area contributed by atoms with Gasteiger partial charge in [0, 0.05) is 16.5 Å². The molecule has 2 aliphatic heterocycles. The van der Waals surface area contributed by atoms with Crippen molar-refractivity contribution >= 4 is 58.5 Å². The number of phenolic OH excluding ortho intramolecular Hbond substituents is 1. The van der Waals surface area contributed by atoms with Gasteiger partial charge in [-0.1, -0.05) is 77.9 Å². The molecule has 2 heterocycles. The highest BCUT2D eigenvalue weighted by molar-refractivity contribution is 6.32. The molecule has 0 bridgehead atoms. The number of nitrogens with zero attached hydrogens (tertiary/aromatic N) is 2. The molecule has 8 rings (SSSR count). The Labute approximate surface area is 311 Å². The molecule has 4 amide bonds. The lowest BCUT2D eigenvalue weighted by molar-refractivity contribution is -0.128. The molecule has 4 aromatic carbocycles. The SMILES string of the molecule is COc1cc(C=CC2C3=CCC4C(=O)N(c5ccc(C(C)=O)cc5)C(=O)C4C3CC3C(=O)N(c4cccc(Cl)c4)C(=O)C23c2ccccc2)ccc1O. The third-order valence-corrected chi connectivity index (χ3v) is 11.7. The second kappa shape index (κ2) is 13.0. The van der Waals surface area contributed by atoms with Crippen molar-refractivity contribution in [2.75, 3.05) is 16.9 Å². The van der Waals surface area contributed by atoms with Gasteiger partial charge in [0.05, 0.1) is 41.7 Å². The Balaban J connectivity index is 1.30. The van der Waals surface area contributed by atoms with Crippen LogP contribution in [-0.4, -0.2) is 41.6 Å². The zero-order valence-corrected chi connectivity index (χ0v) is 29.7. The van der Waals surface area contributed by atoms with Crippen molar-refractivity contribution in [2.24, 2.45) is 29.6 Å². The number of hydrogen-bond donors (Lipinski definition) is 1. The molecule has 2 saturated heterocycles. The first-order valence-corrected chi connectivity index (χ1v) is 17.9. The molecular formula is C43H35ClN2O7. The predicted molar refractivity (Wildman–Crippen MR) is 199 cm³/mol. The Morgan fingerprint density at radius 1 is 0.849 bits per heavy atom. The summed E-state index contributed by atoms with van der Waals surface area (Å²) in [5.41, 5.74) is 1.96. The highest BCUT2D eigenvalue weighted by atomic mass is 35.5. The summed E-state index contributed by atoms with van der Waals surface area (Å²) in [4.78, 5) is 73.1. The normalized spacial score (nSPS) is 26.4. The van der Waals surface area contributed by atoms with E-state index in [0.29, 0.717) is 33.1 Å². The van der Waals surface area contributed by atoms with Gasteiger partial charge in [-0.15, -0.1) is 0 Å². The number of carbonyl (C=O) groups excluding carboxylic acids is 5. The van der Waals surface area contributed by atoms with Gasteiger partial charge in [0.25, 0.3) is 0 Å². The Hall–Kier alpha value is -5.80. The molecule has 10 heteroatoms. The van der Waals surface area contributed by atoms with Gasteiger partial charge in [-0.3, -0.25) is 28.9 Å². The molecule has 4 aromatic rings. The second-order valence-corrected chi connectivity index (χ2v) is 14.5. The van der Waals surface area contributed by atoms with E-state index in [4.69, 9.17) is 16.3 Å². The van der Waals surface area contributed by atoms with Crippen LogP contribution in [0.3, 0.4) is 0 Å². The van der Waals surface area contributed by atoms with Gasteiger partial charge >= 0.3 is 0 Å². The molecule has 266 valence electrons. The topological polar surface area (TPSA) is 121 Å². The number of aromatic hydroxyl groups is 1. The standard InChI is InChI=1S/C43H35ClN2O7/c1-24(47)26-13-15-29(16-14-26)45-39(49)32-18-17-31-33(38(32)41(45)51)23-35-40(50)46(30-10-6-9-28(44)22-30)42(52)43(35,27-7-4-3-5-8-27)34(31)19-11-25-12-20-36(48)37(21-25)53-2/h3-17,19-22,32-35,38,48H,18,23H2,1-2H3. The van der Waals surface area contributed by atoms with Crippen LogP contribution in [0.1, 0.15) is 41.3 Å². The molecule has 0 aromatic heterocycles. The molecule has 0 spiro atoms. The van der Waals surface area contributed by atoms with Crippen LogP contribution in [0.5, 0.6) is 11.5 Å². The molecule has 2 aliphatic carbocycles. The summed E-state index contributed by atoms with van der Waals surface area (Å²) in [6, 6.07) is 27.3. The summed E-state index contributed by atoms with van der Waals surface area (Å²) in [6.07, 6.45) is 6.18. The maximum atomic E-state index is 15.3. The first-order chi connectivity index (χ1) is 25.6. The molecular weight excluding hydrogens is 692 g/mol. The second-order valence-electron chi connectivity index (χ2n) is 14.0. The van der Waals surface area contributed by atoms with Crippen molar-refractivity contribution in [1.29, 1.82) is 0 Å². The van der Waals surface area contributed by atoms with Crippen molar-refractivity contribution in [2.45, 2.75) is 25.2 Å². The number of benzene rings is 4. The molecule has 1 saturated carbocycles. The summed E-state index contributed by atoms with van der Waals surface area (Å²) < 4.78 is 5.36. The number of hydrogen-bond acceptors (Lipinski definition) is 7. The number of fused-ring (bicyclic) bond motifs is 4. The van der Waals surface area contributed by atoms with Gasteiger partial charge in [-0.05, 0) is 91.4 Å². The lowest BCUT2D eigenvalue weighted by atomic mass is 9.50. The van der Waals surface area contributed by atoms with Crippen molar-refractivity contribution in [3.63, 3.8) is 0 Å². The number of ketones is 1. The summed E-state index contributed by atoms with van der Waals surface area (Å²) in [7, 11) is 1.46. The van der Waals surface area contributed by atoms with Gasteiger partial charge in [0.15, 0.2) is 17.3 Å². The minimum atomic E-state index is -1.40. The number of imide groups is 2. The summed E-state index contributed by atoms with van der Waals surface area (Å²) in [5, 5.41) is 10.7. The predicted octanol–water partition coefficient (Wildman–Crippen LogP) is 7.17. The fraction of sp³-hybridized carbons (Fsp3) is 0.233. The largest absolute Gasteiger partial charge is 0.504 e. The first kappa shape index (κ1) is 34.3. The van der Waals surface area contributed by atoms with Crippen molar-refractivity contribution < 1.29 is 33.8 Å². The molecule has 1 N–H and O–H groups in total. The number of Topliss-reactive ketones (excluding diaryl/α,β-unsaturated/α-hetero) is 1. The minimum absolute atomic E-state index is 0.0251. The van der Waals surface area contributed by atoms with E-state index in [0.717, 1.165) is 5.57 Å². The van der Waals surface area contributed by atoms with Gasteiger partial charge in [0.1, 0.15) is 0 Å². The monoisotopic (exact) mass is 726 g/mol. The number of allylic oxidation sites excluding steroid dienone is 3. The fourth-order valence-corrected chi connectivity index (χ4v) is 9.28. The Kier molecular flexibility index (Phi) is 8.41. The van der Waals surface area contributed by atoms with Crippen LogP contribution in [0.4, 0.5) is 11.4 Å². The highest BCUT2D eigenvalue weighted by Crippen LogP contribution is 2.62. The third-order valence-electron chi connectivity index (χ3n) is 11.4. The molecule has 4 aliphatic rings. The summed E-state index contributed by atoms with van der Waals surface area (Å²) in [5.74, 6) is -4.94. The van der Waals surface area contributed by atoms with E-state index in [-0.39, 0.29) is 41.9 Å². The Morgan fingerprint density at radius 2 is 1.60 bits per heavy atom. The lowest BCUT2D eigenvalue weighted by Crippen LogP contribution is -2.54. The van der Waals surface area contributed by atoms with E-state index < -0.39 is 46.8 Å². The van der Waals surface area contributed by atoms with Gasteiger partial charge in [0.2, 0.25) is 23.6 Å². The number of rotatable bonds is 7. The zero-order chi connectivity index (χ0) is 37.2. The van der Waals surface area contributed by atoms with E-state index >= 15 is 4.79 Å². The van der Waals surface area contributed by atoms with E-state index in [1.54, 1.807) is 60.7 Å². The molecule has 0 radical (unpaired) electrons. The van der Waals surface area contributed by atoms with Crippen LogP contribution < -0.4 is 14.5 Å². The molecule has 6 unspecified atom stereocenters. The quantitative estimate of drug-likeness (QED) is 0.122. The van der Waals surface area contributed by atoms with Crippen molar-refractivity contribution in [3.8, 4) is 11.5 Å². The zero-order valence-electron chi connectivity index (χ0n) is 28.9. The maximum absolute atomic E-state index is 15.3. The fourth-order valence-electron chi connectivity index (χ4n) is 9.09. The lowest BCUT2D eigenvalue weighted by Gasteiger charge is -2.49. The number of carbonyl (C=O) groups is 5. The van der Waals surface area contributed by atoms with Gasteiger partial charge in [-0.2, -0.15) is 0 Å². The summed E-state index contributed by atoms with van der Waals surface area (Å²) in [6.45, 7) is 1.45. The van der Waals surface area contributed by atoms with Crippen LogP contribution in [0.25, 0.3) is 6.08 Å². The Bertz CT molecular complexity index is 2270. The van der Waals surface area contributed by atoms with Crippen LogP contribution >= 0.6 is 11.6 Å². The third kappa shape index (κ3) is 5.24. The van der Waals surface area contributed by atoms with Crippen LogP contribution in [0.2, 0.25) is 5.02 Å². The average Bonchev–Trinajstić information content (AvgIpc) is 3.55. The smallest absolute Gasteiger partial charge is 0.246 e. The van der Waals surface area contributed by atoms with E-state index in [9.17, 15) is 24.3 Å². The number of ether oxygens (including phenoxy) is 1. The number of halogens is 1.